The van der Waals surface area contributed by atoms with Gasteiger partial charge >= 0.3 is 0 Å². The Bertz CT molecular complexity index is 850. The summed E-state index contributed by atoms with van der Waals surface area (Å²) in [5, 5.41) is 4.61. The SMILES string of the molecule is COc1ccc(C2C=C(C)N(Cc3ccc(C(C)(C)C)cc3)N2C)cc1OC. The molecule has 1 unspecified atom stereocenters. The van der Waals surface area contributed by atoms with E-state index < -0.39 is 0 Å². The minimum atomic E-state index is 0.175. The Balaban J connectivity index is 1.78. The molecule has 0 aliphatic carbocycles. The Morgan fingerprint density at radius 1 is 0.929 bits per heavy atom. The number of benzene rings is 2. The molecule has 1 heterocycles. The molecule has 0 fully saturated rings. The molecule has 0 saturated carbocycles. The second kappa shape index (κ2) is 7.88. The summed E-state index contributed by atoms with van der Waals surface area (Å²) in [6, 6.07) is 15.3. The minimum Gasteiger partial charge on any atom is -0.493 e. The van der Waals surface area contributed by atoms with E-state index in [9.17, 15) is 0 Å². The van der Waals surface area contributed by atoms with Crippen LogP contribution in [0.25, 0.3) is 0 Å². The quantitative estimate of drug-likeness (QED) is 0.702. The third kappa shape index (κ3) is 4.02. The van der Waals surface area contributed by atoms with Gasteiger partial charge in [0.1, 0.15) is 0 Å². The zero-order valence-corrected chi connectivity index (χ0v) is 18.1. The Morgan fingerprint density at radius 3 is 2.14 bits per heavy atom. The van der Waals surface area contributed by atoms with Gasteiger partial charge in [0.25, 0.3) is 0 Å². The lowest BCUT2D eigenvalue weighted by atomic mass is 9.87. The molecule has 4 nitrogen and oxygen atoms in total. The highest BCUT2D eigenvalue weighted by Gasteiger charge is 2.29. The lowest BCUT2D eigenvalue weighted by Crippen LogP contribution is -2.34. The fourth-order valence-electron chi connectivity index (χ4n) is 3.69. The lowest BCUT2D eigenvalue weighted by Gasteiger charge is -2.32. The van der Waals surface area contributed by atoms with Gasteiger partial charge in [0.2, 0.25) is 0 Å². The molecule has 2 aromatic carbocycles. The maximum absolute atomic E-state index is 5.48. The van der Waals surface area contributed by atoms with Crippen molar-refractivity contribution >= 4 is 0 Å². The number of hydrazine groups is 1. The van der Waals surface area contributed by atoms with Crippen LogP contribution in [0.1, 0.15) is 50.4 Å². The second-order valence-electron chi connectivity index (χ2n) is 8.45. The molecule has 1 aliphatic rings. The first-order valence-corrected chi connectivity index (χ1v) is 9.74. The van der Waals surface area contributed by atoms with Crippen molar-refractivity contribution < 1.29 is 9.47 Å². The monoisotopic (exact) mass is 380 g/mol. The van der Waals surface area contributed by atoms with Crippen molar-refractivity contribution in [2.24, 2.45) is 0 Å². The fourth-order valence-corrected chi connectivity index (χ4v) is 3.69. The zero-order chi connectivity index (χ0) is 20.5. The van der Waals surface area contributed by atoms with E-state index >= 15 is 0 Å². The topological polar surface area (TPSA) is 24.9 Å². The molecule has 0 spiro atoms. The first kappa shape index (κ1) is 20.3. The molecule has 0 aromatic heterocycles. The number of ether oxygens (including phenoxy) is 2. The van der Waals surface area contributed by atoms with Crippen molar-refractivity contribution in [1.82, 2.24) is 10.0 Å². The number of hydrogen-bond acceptors (Lipinski definition) is 4. The largest absolute Gasteiger partial charge is 0.493 e. The van der Waals surface area contributed by atoms with E-state index in [1.54, 1.807) is 14.2 Å². The number of nitrogens with zero attached hydrogens (tertiary/aromatic N) is 2. The summed E-state index contributed by atoms with van der Waals surface area (Å²) >= 11 is 0. The highest BCUT2D eigenvalue weighted by molar-refractivity contribution is 5.45. The molecule has 4 heteroatoms. The maximum atomic E-state index is 5.48. The summed E-state index contributed by atoms with van der Waals surface area (Å²) in [5.74, 6) is 1.51. The molecule has 0 N–H and O–H groups in total. The van der Waals surface area contributed by atoms with Crippen LogP contribution in [-0.2, 0) is 12.0 Å². The second-order valence-corrected chi connectivity index (χ2v) is 8.45. The van der Waals surface area contributed by atoms with Crippen molar-refractivity contribution in [2.75, 3.05) is 21.3 Å². The van der Waals surface area contributed by atoms with Crippen LogP contribution in [0.15, 0.2) is 54.2 Å². The van der Waals surface area contributed by atoms with Crippen LogP contribution in [0, 0.1) is 0 Å². The smallest absolute Gasteiger partial charge is 0.161 e. The van der Waals surface area contributed by atoms with Gasteiger partial charge in [0.15, 0.2) is 11.5 Å². The molecular weight excluding hydrogens is 348 g/mol. The van der Waals surface area contributed by atoms with Gasteiger partial charge in [0.05, 0.1) is 26.8 Å². The van der Waals surface area contributed by atoms with E-state index in [4.69, 9.17) is 9.47 Å². The standard InChI is InChI=1S/C24H32N2O2/c1-17-14-21(19-10-13-22(27-6)23(15-19)28-7)25(5)26(17)16-18-8-11-20(12-9-18)24(2,3)4/h8-15,21H,16H2,1-7H3. The van der Waals surface area contributed by atoms with Gasteiger partial charge < -0.3 is 14.5 Å². The Kier molecular flexibility index (Phi) is 5.71. The molecule has 1 atom stereocenters. The number of hydrogen-bond donors (Lipinski definition) is 0. The van der Waals surface area contributed by atoms with Gasteiger partial charge in [-0.15, -0.1) is 0 Å². The van der Waals surface area contributed by atoms with Gasteiger partial charge in [-0.1, -0.05) is 51.1 Å². The summed E-state index contributed by atoms with van der Waals surface area (Å²) in [6.07, 6.45) is 2.30. The van der Waals surface area contributed by atoms with Gasteiger partial charge in [-0.2, -0.15) is 0 Å². The molecule has 150 valence electrons. The van der Waals surface area contributed by atoms with Crippen molar-refractivity contribution in [3.63, 3.8) is 0 Å². The molecule has 0 bridgehead atoms. The minimum absolute atomic E-state index is 0.175. The third-order valence-corrected chi connectivity index (χ3v) is 5.49. The maximum Gasteiger partial charge on any atom is 0.161 e. The first-order chi connectivity index (χ1) is 13.2. The summed E-state index contributed by atoms with van der Waals surface area (Å²) in [6.45, 7) is 9.76. The molecular formula is C24H32N2O2. The van der Waals surface area contributed by atoms with Gasteiger partial charge in [-0.3, -0.25) is 0 Å². The first-order valence-electron chi connectivity index (χ1n) is 9.74. The van der Waals surface area contributed by atoms with E-state index in [1.807, 2.05) is 6.07 Å². The van der Waals surface area contributed by atoms with Gasteiger partial charge in [-0.05, 0) is 47.2 Å². The van der Waals surface area contributed by atoms with Crippen LogP contribution in [-0.4, -0.2) is 31.3 Å². The summed E-state index contributed by atoms with van der Waals surface area (Å²) in [5.41, 5.74) is 5.28. The summed E-state index contributed by atoms with van der Waals surface area (Å²) in [7, 11) is 5.47. The van der Waals surface area contributed by atoms with Crippen molar-refractivity contribution in [3.8, 4) is 11.5 Å². The Labute approximate surface area is 169 Å². The van der Waals surface area contributed by atoms with Gasteiger partial charge in [0, 0.05) is 12.7 Å². The Morgan fingerprint density at radius 2 is 1.57 bits per heavy atom. The number of allylic oxidation sites excluding steroid dienone is 1. The predicted molar refractivity (Wildman–Crippen MR) is 114 cm³/mol. The van der Waals surface area contributed by atoms with Crippen molar-refractivity contribution in [1.29, 1.82) is 0 Å². The van der Waals surface area contributed by atoms with Crippen LogP contribution in [0.5, 0.6) is 11.5 Å². The fraction of sp³-hybridized carbons (Fsp3) is 0.417. The normalized spacial score (nSPS) is 17.6. The average molecular weight is 381 g/mol. The Hall–Kier alpha value is -2.46. The zero-order valence-electron chi connectivity index (χ0n) is 18.1. The van der Waals surface area contributed by atoms with Gasteiger partial charge in [-0.25, -0.2) is 5.01 Å². The van der Waals surface area contributed by atoms with E-state index in [0.29, 0.717) is 0 Å². The van der Waals surface area contributed by atoms with Crippen molar-refractivity contribution in [3.05, 3.63) is 70.9 Å². The van der Waals surface area contributed by atoms with E-state index in [1.165, 1.54) is 22.4 Å². The number of rotatable bonds is 5. The van der Waals surface area contributed by atoms with E-state index in [0.717, 1.165) is 18.0 Å². The lowest BCUT2D eigenvalue weighted by molar-refractivity contribution is 0.0268. The highest BCUT2D eigenvalue weighted by atomic mass is 16.5. The predicted octanol–water partition coefficient (Wildman–Crippen LogP) is 5.31. The number of likely N-dealkylation sites (N-methyl/N-ethyl adjacent to an activating group) is 1. The number of methoxy groups -OCH3 is 2. The summed E-state index contributed by atoms with van der Waals surface area (Å²) in [4.78, 5) is 0. The van der Waals surface area contributed by atoms with Crippen LogP contribution in [0.3, 0.4) is 0 Å². The van der Waals surface area contributed by atoms with Crippen LogP contribution in [0.4, 0.5) is 0 Å². The highest BCUT2D eigenvalue weighted by Crippen LogP contribution is 2.37. The van der Waals surface area contributed by atoms with E-state index in [2.05, 4.69) is 87.2 Å². The molecule has 0 saturated heterocycles. The molecule has 2 aromatic rings. The molecule has 1 aliphatic heterocycles. The van der Waals surface area contributed by atoms with E-state index in [-0.39, 0.29) is 11.5 Å². The average Bonchev–Trinajstić information content (AvgIpc) is 2.95. The molecule has 0 radical (unpaired) electrons. The third-order valence-electron chi connectivity index (χ3n) is 5.49. The molecule has 3 rings (SSSR count). The van der Waals surface area contributed by atoms with Crippen LogP contribution >= 0.6 is 0 Å². The summed E-state index contributed by atoms with van der Waals surface area (Å²) < 4.78 is 10.9. The van der Waals surface area contributed by atoms with Crippen molar-refractivity contribution in [2.45, 2.75) is 45.7 Å². The molecule has 0 amide bonds. The van der Waals surface area contributed by atoms with Crippen LogP contribution in [0.2, 0.25) is 0 Å². The molecule has 28 heavy (non-hydrogen) atoms. The van der Waals surface area contributed by atoms with Crippen LogP contribution < -0.4 is 9.47 Å².